The Kier molecular flexibility index (Phi) is 3.77. The monoisotopic (exact) mass is 206 g/mol. The van der Waals surface area contributed by atoms with Crippen molar-refractivity contribution in [1.82, 2.24) is 0 Å². The second kappa shape index (κ2) is 4.45. The van der Waals surface area contributed by atoms with Gasteiger partial charge >= 0.3 is 0 Å². The quantitative estimate of drug-likeness (QED) is 0.523. The Hall–Kier alpha value is -0.0500. The SMILES string of the molecule is C=CC(CC1CCCC1)C(F)(F)S. The summed E-state index contributed by atoms with van der Waals surface area (Å²) in [4.78, 5) is 0. The maximum Gasteiger partial charge on any atom is 0.297 e. The van der Waals surface area contributed by atoms with Gasteiger partial charge in [-0.1, -0.05) is 31.8 Å². The van der Waals surface area contributed by atoms with Crippen LogP contribution >= 0.6 is 12.6 Å². The summed E-state index contributed by atoms with van der Waals surface area (Å²) < 4.78 is 25.7. The lowest BCUT2D eigenvalue weighted by molar-refractivity contribution is 0.0508. The fraction of sp³-hybridized carbons (Fsp3) is 0.800. The highest BCUT2D eigenvalue weighted by Gasteiger charge is 2.35. The summed E-state index contributed by atoms with van der Waals surface area (Å²) >= 11 is 3.30. The van der Waals surface area contributed by atoms with Gasteiger partial charge in [-0.2, -0.15) is 8.78 Å². The molecule has 1 rings (SSSR count). The van der Waals surface area contributed by atoms with E-state index in [0.29, 0.717) is 12.3 Å². The Labute approximate surface area is 83.8 Å². The van der Waals surface area contributed by atoms with Gasteiger partial charge in [-0.15, -0.1) is 19.2 Å². The molecule has 0 spiro atoms. The molecule has 1 aliphatic carbocycles. The van der Waals surface area contributed by atoms with Crippen LogP contribution in [0.2, 0.25) is 0 Å². The van der Waals surface area contributed by atoms with Gasteiger partial charge in [0.05, 0.1) is 5.92 Å². The van der Waals surface area contributed by atoms with Crippen LogP contribution in [0, 0.1) is 11.8 Å². The second-order valence-corrected chi connectivity index (χ2v) is 4.41. The molecule has 1 saturated carbocycles. The van der Waals surface area contributed by atoms with Crippen molar-refractivity contribution < 1.29 is 8.78 Å². The van der Waals surface area contributed by atoms with Crippen LogP contribution in [-0.4, -0.2) is 5.25 Å². The van der Waals surface area contributed by atoms with Gasteiger partial charge in [0.1, 0.15) is 0 Å². The fourth-order valence-electron chi connectivity index (χ4n) is 1.98. The first-order valence-electron chi connectivity index (χ1n) is 4.76. The minimum absolute atomic E-state index is 0.459. The van der Waals surface area contributed by atoms with Crippen LogP contribution < -0.4 is 0 Å². The summed E-state index contributed by atoms with van der Waals surface area (Å²) in [7, 11) is 0. The molecule has 1 fully saturated rings. The molecule has 0 heterocycles. The van der Waals surface area contributed by atoms with E-state index in [1.165, 1.54) is 18.9 Å². The molecular formula is C10H16F2S. The molecule has 0 nitrogen and oxygen atoms in total. The van der Waals surface area contributed by atoms with E-state index in [1.54, 1.807) is 0 Å². The van der Waals surface area contributed by atoms with Crippen LogP contribution in [0.1, 0.15) is 32.1 Å². The van der Waals surface area contributed by atoms with Crippen molar-refractivity contribution in [3.63, 3.8) is 0 Å². The predicted octanol–water partition coefficient (Wildman–Crippen LogP) is 3.89. The van der Waals surface area contributed by atoms with Crippen molar-refractivity contribution in [2.24, 2.45) is 11.8 Å². The van der Waals surface area contributed by atoms with Gasteiger partial charge in [-0.25, -0.2) is 0 Å². The van der Waals surface area contributed by atoms with Gasteiger partial charge in [-0.05, 0) is 12.3 Å². The largest absolute Gasteiger partial charge is 0.297 e. The van der Waals surface area contributed by atoms with E-state index in [1.807, 2.05) is 0 Å². The van der Waals surface area contributed by atoms with Gasteiger partial charge in [0, 0.05) is 0 Å². The van der Waals surface area contributed by atoms with Gasteiger partial charge < -0.3 is 0 Å². The van der Waals surface area contributed by atoms with Crippen LogP contribution in [0.3, 0.4) is 0 Å². The molecule has 0 saturated heterocycles. The van der Waals surface area contributed by atoms with Crippen LogP contribution in [0.4, 0.5) is 8.78 Å². The van der Waals surface area contributed by atoms with Crippen LogP contribution in [0.25, 0.3) is 0 Å². The molecule has 1 atom stereocenters. The van der Waals surface area contributed by atoms with E-state index in [-0.39, 0.29) is 0 Å². The third-order valence-electron chi connectivity index (χ3n) is 2.79. The fourth-order valence-corrected chi connectivity index (χ4v) is 2.20. The molecule has 0 radical (unpaired) electrons. The summed E-state index contributed by atoms with van der Waals surface area (Å²) in [5.41, 5.74) is 0. The average Bonchev–Trinajstić information content (AvgIpc) is 2.49. The van der Waals surface area contributed by atoms with Crippen molar-refractivity contribution in [2.75, 3.05) is 0 Å². The summed E-state index contributed by atoms with van der Waals surface area (Å²) in [6.07, 6.45) is 6.44. The van der Waals surface area contributed by atoms with E-state index in [9.17, 15) is 8.78 Å². The molecule has 0 bridgehead atoms. The first-order chi connectivity index (χ1) is 6.04. The lowest BCUT2D eigenvalue weighted by Crippen LogP contribution is -2.21. The zero-order valence-electron chi connectivity index (χ0n) is 7.68. The topological polar surface area (TPSA) is 0 Å². The number of allylic oxidation sites excluding steroid dienone is 1. The molecule has 0 N–H and O–H groups in total. The molecule has 1 aliphatic rings. The molecule has 3 heteroatoms. The van der Waals surface area contributed by atoms with E-state index in [2.05, 4.69) is 19.2 Å². The maximum atomic E-state index is 12.8. The Balaban J connectivity index is 2.43. The zero-order valence-corrected chi connectivity index (χ0v) is 8.57. The molecule has 0 aliphatic heterocycles. The van der Waals surface area contributed by atoms with Gasteiger partial charge in [0.15, 0.2) is 0 Å². The van der Waals surface area contributed by atoms with Crippen molar-refractivity contribution >= 4 is 12.6 Å². The van der Waals surface area contributed by atoms with Gasteiger partial charge in [0.25, 0.3) is 5.25 Å². The zero-order chi connectivity index (χ0) is 9.90. The molecule has 0 aromatic heterocycles. The summed E-state index contributed by atoms with van der Waals surface area (Å²) in [6, 6.07) is 0. The van der Waals surface area contributed by atoms with Crippen LogP contribution in [-0.2, 0) is 0 Å². The lowest BCUT2D eigenvalue weighted by Gasteiger charge is -2.22. The van der Waals surface area contributed by atoms with Gasteiger partial charge in [0.2, 0.25) is 0 Å². The van der Waals surface area contributed by atoms with Crippen molar-refractivity contribution in [3.8, 4) is 0 Å². The first-order valence-corrected chi connectivity index (χ1v) is 5.21. The average molecular weight is 206 g/mol. The number of rotatable bonds is 4. The van der Waals surface area contributed by atoms with E-state index in [0.717, 1.165) is 12.8 Å². The van der Waals surface area contributed by atoms with E-state index in [4.69, 9.17) is 0 Å². The number of halogens is 2. The molecule has 76 valence electrons. The van der Waals surface area contributed by atoms with E-state index < -0.39 is 11.2 Å². The minimum Gasteiger partial charge on any atom is -0.194 e. The summed E-state index contributed by atoms with van der Waals surface area (Å²) in [5.74, 6) is -0.306. The summed E-state index contributed by atoms with van der Waals surface area (Å²) in [6.45, 7) is 3.44. The molecular weight excluding hydrogens is 190 g/mol. The predicted molar refractivity (Wildman–Crippen MR) is 54.2 cm³/mol. The highest BCUT2D eigenvalue weighted by molar-refractivity contribution is 7.81. The third-order valence-corrected chi connectivity index (χ3v) is 3.12. The van der Waals surface area contributed by atoms with Crippen LogP contribution in [0.5, 0.6) is 0 Å². The van der Waals surface area contributed by atoms with E-state index >= 15 is 0 Å². The van der Waals surface area contributed by atoms with Crippen LogP contribution in [0.15, 0.2) is 12.7 Å². The lowest BCUT2D eigenvalue weighted by atomic mass is 9.93. The number of thiol groups is 1. The third kappa shape index (κ3) is 3.29. The Morgan fingerprint density at radius 1 is 1.46 bits per heavy atom. The van der Waals surface area contributed by atoms with Crippen molar-refractivity contribution in [3.05, 3.63) is 12.7 Å². The minimum atomic E-state index is -2.90. The Morgan fingerprint density at radius 3 is 2.38 bits per heavy atom. The highest BCUT2D eigenvalue weighted by Crippen LogP contribution is 2.38. The highest BCUT2D eigenvalue weighted by atomic mass is 32.1. The molecule has 0 aromatic carbocycles. The van der Waals surface area contributed by atoms with Crippen molar-refractivity contribution in [2.45, 2.75) is 37.4 Å². The van der Waals surface area contributed by atoms with Gasteiger partial charge in [-0.3, -0.25) is 0 Å². The standard InChI is InChI=1S/C10H16F2S/c1-2-9(10(11,12)13)7-8-5-3-4-6-8/h2,8-9,13H,1,3-7H2. The smallest absolute Gasteiger partial charge is 0.194 e. The molecule has 1 unspecified atom stereocenters. The first kappa shape index (κ1) is 11.0. The molecule has 13 heavy (non-hydrogen) atoms. The number of alkyl halides is 2. The normalized spacial score (nSPS) is 21.8. The van der Waals surface area contributed by atoms with Crippen molar-refractivity contribution in [1.29, 1.82) is 0 Å². The maximum absolute atomic E-state index is 12.8. The number of hydrogen-bond acceptors (Lipinski definition) is 1. The summed E-state index contributed by atoms with van der Waals surface area (Å²) in [5, 5.41) is -2.90. The second-order valence-electron chi connectivity index (χ2n) is 3.82. The number of hydrogen-bond donors (Lipinski definition) is 1. The molecule has 0 aromatic rings. The Bertz CT molecular complexity index is 168. The molecule has 0 amide bonds. The Morgan fingerprint density at radius 2 is 2.00 bits per heavy atom.